The summed E-state index contributed by atoms with van der Waals surface area (Å²) < 4.78 is 45.2. The topological polar surface area (TPSA) is 91.4 Å². The van der Waals surface area contributed by atoms with Gasteiger partial charge in [-0.25, -0.2) is 0 Å². The number of benzene rings is 2. The third-order valence-corrected chi connectivity index (χ3v) is 4.39. The van der Waals surface area contributed by atoms with Crippen molar-refractivity contribution < 1.29 is 22.7 Å². The number of carbonyl (C=O) groups is 1. The second-order valence-corrected chi connectivity index (χ2v) is 6.33. The van der Waals surface area contributed by atoms with E-state index in [1.54, 1.807) is 42.2 Å². The smallest absolute Gasteiger partial charge is 0.399 e. The van der Waals surface area contributed by atoms with Gasteiger partial charge in [-0.05, 0) is 49.4 Å². The molecule has 3 N–H and O–H groups in total. The first kappa shape index (κ1) is 19.5. The van der Waals surface area contributed by atoms with Crippen LogP contribution in [0.1, 0.15) is 18.1 Å². The minimum atomic E-state index is -4.66. The van der Waals surface area contributed by atoms with E-state index in [1.165, 1.54) is 6.07 Å². The average molecular weight is 390 g/mol. The number of anilines is 3. The maximum atomic E-state index is 13.2. The van der Waals surface area contributed by atoms with Crippen LogP contribution in [0.15, 0.2) is 42.5 Å². The second kappa shape index (κ2) is 7.40. The highest BCUT2D eigenvalue weighted by atomic mass is 19.4. The fraction of sp³-hybridized carbons (Fsp3) is 0.263. The van der Waals surface area contributed by atoms with Gasteiger partial charge in [-0.1, -0.05) is 0 Å². The Bertz CT molecular complexity index is 922. The number of hydrogen-bond acceptors (Lipinski definition) is 5. The summed E-state index contributed by atoms with van der Waals surface area (Å²) in [5.74, 6) is -0.413. The fourth-order valence-electron chi connectivity index (χ4n) is 2.97. The standard InChI is InChI=1S/C19H17F3N4O2/c1-11-26(15-7-2-12(9-23)16(8-15)19(20,21)22)10-17(28-11)18(27)25-14-5-3-13(24)4-6-14/h2-8,11,17H,10,24H2,1H3,(H,25,27)/t11-,17+/m1/s1. The number of halogens is 3. The molecule has 0 spiro atoms. The highest BCUT2D eigenvalue weighted by molar-refractivity contribution is 5.95. The van der Waals surface area contributed by atoms with E-state index in [1.807, 2.05) is 0 Å². The van der Waals surface area contributed by atoms with Crippen LogP contribution in [0.2, 0.25) is 0 Å². The molecule has 0 aromatic heterocycles. The van der Waals surface area contributed by atoms with Crippen molar-refractivity contribution >= 4 is 23.0 Å². The largest absolute Gasteiger partial charge is 0.417 e. The molecular weight excluding hydrogens is 373 g/mol. The lowest BCUT2D eigenvalue weighted by Crippen LogP contribution is -2.32. The summed E-state index contributed by atoms with van der Waals surface area (Å²) in [4.78, 5) is 14.0. The van der Waals surface area contributed by atoms with Crippen LogP contribution in [0.4, 0.5) is 30.2 Å². The van der Waals surface area contributed by atoms with Crippen LogP contribution >= 0.6 is 0 Å². The van der Waals surface area contributed by atoms with E-state index in [0.717, 1.165) is 12.1 Å². The zero-order valence-corrected chi connectivity index (χ0v) is 14.8. The van der Waals surface area contributed by atoms with Crippen molar-refractivity contribution in [2.75, 3.05) is 22.5 Å². The second-order valence-electron chi connectivity index (χ2n) is 6.33. The molecule has 1 heterocycles. The highest BCUT2D eigenvalue weighted by Gasteiger charge is 2.38. The molecule has 1 aliphatic rings. The van der Waals surface area contributed by atoms with Crippen LogP contribution in [-0.4, -0.2) is 24.8 Å². The molecule has 3 rings (SSSR count). The van der Waals surface area contributed by atoms with E-state index in [2.05, 4.69) is 5.32 Å². The molecule has 0 saturated carbocycles. The predicted octanol–water partition coefficient (Wildman–Crippen LogP) is 3.35. The van der Waals surface area contributed by atoms with Crippen molar-refractivity contribution in [3.8, 4) is 6.07 Å². The first-order valence-corrected chi connectivity index (χ1v) is 8.39. The lowest BCUT2D eigenvalue weighted by atomic mass is 10.1. The molecule has 1 fully saturated rings. The summed E-state index contributed by atoms with van der Waals surface area (Å²) >= 11 is 0. The number of amides is 1. The molecule has 2 atom stereocenters. The lowest BCUT2D eigenvalue weighted by molar-refractivity contribution is -0.137. The highest BCUT2D eigenvalue weighted by Crippen LogP contribution is 2.36. The van der Waals surface area contributed by atoms with Crippen molar-refractivity contribution in [1.82, 2.24) is 0 Å². The van der Waals surface area contributed by atoms with Gasteiger partial charge >= 0.3 is 6.18 Å². The van der Waals surface area contributed by atoms with Gasteiger partial charge in [0.1, 0.15) is 6.23 Å². The number of ether oxygens (including phenoxy) is 1. The van der Waals surface area contributed by atoms with Gasteiger partial charge in [0, 0.05) is 17.1 Å². The molecular formula is C19H17F3N4O2. The van der Waals surface area contributed by atoms with Crippen LogP contribution in [0.3, 0.4) is 0 Å². The molecule has 1 saturated heterocycles. The Labute approximate surface area is 159 Å². The molecule has 6 nitrogen and oxygen atoms in total. The minimum Gasteiger partial charge on any atom is -0.399 e. The molecule has 146 valence electrons. The summed E-state index contributed by atoms with van der Waals surface area (Å²) in [5, 5.41) is 11.6. The Morgan fingerprint density at radius 2 is 1.96 bits per heavy atom. The molecule has 1 aliphatic heterocycles. The number of nitrogen functional groups attached to an aromatic ring is 1. The fourth-order valence-corrected chi connectivity index (χ4v) is 2.97. The van der Waals surface area contributed by atoms with Crippen LogP contribution in [0.25, 0.3) is 0 Å². The van der Waals surface area contributed by atoms with Crippen molar-refractivity contribution in [2.45, 2.75) is 25.4 Å². The zero-order chi connectivity index (χ0) is 20.5. The van der Waals surface area contributed by atoms with E-state index in [4.69, 9.17) is 15.7 Å². The number of nitrogens with zero attached hydrogens (tertiary/aromatic N) is 2. The van der Waals surface area contributed by atoms with Crippen molar-refractivity contribution in [1.29, 1.82) is 5.26 Å². The molecule has 0 unspecified atom stereocenters. The third-order valence-electron chi connectivity index (χ3n) is 4.39. The summed E-state index contributed by atoms with van der Waals surface area (Å²) in [5.41, 5.74) is 5.43. The van der Waals surface area contributed by atoms with Crippen LogP contribution in [0.5, 0.6) is 0 Å². The molecule has 9 heteroatoms. The monoisotopic (exact) mass is 390 g/mol. The van der Waals surface area contributed by atoms with Crippen LogP contribution in [0, 0.1) is 11.3 Å². The Hall–Kier alpha value is -3.25. The van der Waals surface area contributed by atoms with Crippen LogP contribution < -0.4 is 16.0 Å². The molecule has 2 aromatic carbocycles. The summed E-state index contributed by atoms with van der Waals surface area (Å²) in [6, 6.07) is 11.5. The molecule has 0 bridgehead atoms. The normalized spacial score (nSPS) is 19.3. The molecule has 0 aliphatic carbocycles. The van der Waals surface area contributed by atoms with Gasteiger partial charge in [-0.2, -0.15) is 18.4 Å². The van der Waals surface area contributed by atoms with E-state index < -0.39 is 35.5 Å². The van der Waals surface area contributed by atoms with Gasteiger partial charge in [-0.15, -0.1) is 0 Å². The Morgan fingerprint density at radius 1 is 1.29 bits per heavy atom. The zero-order valence-electron chi connectivity index (χ0n) is 14.8. The molecule has 1 amide bonds. The number of nitrogens with two attached hydrogens (primary N) is 1. The minimum absolute atomic E-state index is 0.0746. The van der Waals surface area contributed by atoms with Crippen LogP contribution in [-0.2, 0) is 15.7 Å². The first-order valence-electron chi connectivity index (χ1n) is 8.39. The molecule has 2 aromatic rings. The van der Waals surface area contributed by atoms with E-state index >= 15 is 0 Å². The lowest BCUT2D eigenvalue weighted by Gasteiger charge is -2.23. The van der Waals surface area contributed by atoms with Gasteiger partial charge in [-0.3, -0.25) is 4.79 Å². The number of rotatable bonds is 3. The maximum absolute atomic E-state index is 13.2. The van der Waals surface area contributed by atoms with E-state index in [-0.39, 0.29) is 12.2 Å². The van der Waals surface area contributed by atoms with E-state index in [0.29, 0.717) is 11.4 Å². The first-order chi connectivity index (χ1) is 13.2. The molecule has 0 radical (unpaired) electrons. The Balaban J connectivity index is 1.77. The Kier molecular flexibility index (Phi) is 5.16. The van der Waals surface area contributed by atoms with E-state index in [9.17, 15) is 18.0 Å². The summed E-state index contributed by atoms with van der Waals surface area (Å²) in [6.07, 6.45) is -6.13. The number of hydrogen-bond donors (Lipinski definition) is 2. The van der Waals surface area contributed by atoms with Crippen molar-refractivity contribution in [3.63, 3.8) is 0 Å². The predicted molar refractivity (Wildman–Crippen MR) is 97.3 cm³/mol. The number of carbonyl (C=O) groups excluding carboxylic acids is 1. The SMILES string of the molecule is C[C@H]1O[C@H](C(=O)Nc2ccc(N)cc2)CN1c1ccc(C#N)c(C(F)(F)F)c1. The maximum Gasteiger partial charge on any atom is 0.417 e. The summed E-state index contributed by atoms with van der Waals surface area (Å²) in [6.45, 7) is 1.72. The number of nitrogens with one attached hydrogen (secondary N) is 1. The summed E-state index contributed by atoms with van der Waals surface area (Å²) in [7, 11) is 0. The van der Waals surface area contributed by atoms with Crippen molar-refractivity contribution in [3.05, 3.63) is 53.6 Å². The average Bonchev–Trinajstić information content (AvgIpc) is 3.04. The van der Waals surface area contributed by atoms with Gasteiger partial charge in [0.25, 0.3) is 5.91 Å². The third kappa shape index (κ3) is 4.02. The van der Waals surface area contributed by atoms with Gasteiger partial charge in [0.05, 0.1) is 23.7 Å². The van der Waals surface area contributed by atoms with Crippen molar-refractivity contribution in [2.24, 2.45) is 0 Å². The Morgan fingerprint density at radius 3 is 2.57 bits per heavy atom. The van der Waals surface area contributed by atoms with Gasteiger partial charge < -0.3 is 20.7 Å². The number of alkyl halides is 3. The quantitative estimate of drug-likeness (QED) is 0.785. The van der Waals surface area contributed by atoms with Gasteiger partial charge in [0.2, 0.25) is 0 Å². The number of nitriles is 1. The van der Waals surface area contributed by atoms with Gasteiger partial charge in [0.15, 0.2) is 6.10 Å². The molecule has 28 heavy (non-hydrogen) atoms.